The molecule has 1 atom stereocenters. The Morgan fingerprint density at radius 1 is 1.25 bits per heavy atom. The van der Waals surface area contributed by atoms with Crippen LogP contribution in [0.1, 0.15) is 17.3 Å². The summed E-state index contributed by atoms with van der Waals surface area (Å²) < 4.78 is 0.903. The van der Waals surface area contributed by atoms with Gasteiger partial charge in [-0.25, -0.2) is 0 Å². The summed E-state index contributed by atoms with van der Waals surface area (Å²) in [4.78, 5) is 12.5. The number of amides is 1. The fraction of sp³-hybridized carbons (Fsp3) is 0.176. The standard InChI is InChI=1S/C17H14Cl2IN3O/c1-10-9-23(11-6-7-13(18)14(19)8-11)22-16(10)21-17(24)12-4-2-3-5-15(12)20/h2-8,10H,9H2,1H3,(H,21,22,24). The fourth-order valence-electron chi connectivity index (χ4n) is 2.40. The number of hydrogen-bond acceptors (Lipinski definition) is 3. The summed E-state index contributed by atoms with van der Waals surface area (Å²) in [5.41, 5.74) is 1.48. The molecule has 0 aliphatic carbocycles. The Balaban J connectivity index is 1.79. The molecule has 1 aliphatic heterocycles. The van der Waals surface area contributed by atoms with Gasteiger partial charge in [-0.05, 0) is 52.9 Å². The SMILES string of the molecule is CC1CN(c2ccc(Cl)c(Cl)c2)N=C1NC(=O)c1ccccc1I. The Bertz CT molecular complexity index is 825. The second-order valence-electron chi connectivity index (χ2n) is 5.50. The summed E-state index contributed by atoms with van der Waals surface area (Å²) in [6.45, 7) is 2.69. The van der Waals surface area contributed by atoms with Crippen molar-refractivity contribution in [3.63, 3.8) is 0 Å². The van der Waals surface area contributed by atoms with Crippen LogP contribution in [0.3, 0.4) is 0 Å². The highest BCUT2D eigenvalue weighted by Crippen LogP contribution is 2.29. The van der Waals surface area contributed by atoms with Crippen LogP contribution in [0.2, 0.25) is 10.0 Å². The number of carbonyl (C=O) groups is 1. The molecule has 0 aromatic heterocycles. The van der Waals surface area contributed by atoms with Crippen molar-refractivity contribution in [2.24, 2.45) is 11.0 Å². The smallest absolute Gasteiger partial charge is 0.257 e. The van der Waals surface area contributed by atoms with E-state index < -0.39 is 0 Å². The molecular weight excluding hydrogens is 460 g/mol. The lowest BCUT2D eigenvalue weighted by molar-refractivity contribution is 0.0975. The van der Waals surface area contributed by atoms with E-state index in [1.807, 2.05) is 36.2 Å². The van der Waals surface area contributed by atoms with Crippen LogP contribution in [0, 0.1) is 9.49 Å². The minimum atomic E-state index is -0.151. The molecule has 4 nitrogen and oxygen atoms in total. The van der Waals surface area contributed by atoms with Crippen LogP contribution in [0.4, 0.5) is 5.69 Å². The third-order valence-electron chi connectivity index (χ3n) is 3.70. The van der Waals surface area contributed by atoms with Gasteiger partial charge in [0.1, 0.15) is 5.84 Å². The number of hydrazone groups is 1. The molecule has 1 heterocycles. The van der Waals surface area contributed by atoms with Crippen molar-refractivity contribution in [1.82, 2.24) is 5.32 Å². The van der Waals surface area contributed by atoms with E-state index in [2.05, 4.69) is 33.0 Å². The number of anilines is 1. The highest BCUT2D eigenvalue weighted by atomic mass is 127. The number of rotatable bonds is 2. The number of nitrogens with zero attached hydrogens (tertiary/aromatic N) is 2. The Morgan fingerprint density at radius 2 is 2.00 bits per heavy atom. The minimum Gasteiger partial charge on any atom is -0.308 e. The van der Waals surface area contributed by atoms with Crippen LogP contribution in [0.25, 0.3) is 0 Å². The molecule has 7 heteroatoms. The molecule has 24 heavy (non-hydrogen) atoms. The van der Waals surface area contributed by atoms with E-state index in [0.29, 0.717) is 28.0 Å². The normalized spacial score (nSPS) is 16.9. The van der Waals surface area contributed by atoms with Crippen LogP contribution < -0.4 is 10.3 Å². The van der Waals surface area contributed by atoms with Gasteiger partial charge in [-0.3, -0.25) is 9.80 Å². The second-order valence-corrected chi connectivity index (χ2v) is 7.48. The molecular formula is C17H14Cl2IN3O. The Morgan fingerprint density at radius 3 is 2.71 bits per heavy atom. The Labute approximate surface area is 164 Å². The average molecular weight is 474 g/mol. The topological polar surface area (TPSA) is 44.7 Å². The Kier molecular flexibility index (Phi) is 5.32. The summed E-state index contributed by atoms with van der Waals surface area (Å²) in [6, 6.07) is 12.8. The van der Waals surface area contributed by atoms with Crippen LogP contribution >= 0.6 is 45.8 Å². The lowest BCUT2D eigenvalue weighted by Gasteiger charge is -2.14. The van der Waals surface area contributed by atoms with Crippen molar-refractivity contribution in [3.05, 3.63) is 61.6 Å². The summed E-state index contributed by atoms with van der Waals surface area (Å²) >= 11 is 14.2. The number of carbonyl (C=O) groups excluding carboxylic acids is 1. The molecule has 2 aromatic carbocycles. The van der Waals surface area contributed by atoms with Gasteiger partial charge in [-0.2, -0.15) is 5.10 Å². The molecule has 0 spiro atoms. The number of hydrogen-bond donors (Lipinski definition) is 1. The second kappa shape index (κ2) is 7.29. The molecule has 1 unspecified atom stereocenters. The first kappa shape index (κ1) is 17.5. The molecule has 0 fully saturated rings. The number of halogens is 3. The van der Waals surface area contributed by atoms with Gasteiger partial charge in [0.15, 0.2) is 0 Å². The molecule has 0 bridgehead atoms. The van der Waals surface area contributed by atoms with Crippen LogP contribution in [0.5, 0.6) is 0 Å². The van der Waals surface area contributed by atoms with Gasteiger partial charge in [0.2, 0.25) is 0 Å². The maximum absolute atomic E-state index is 12.5. The number of benzene rings is 2. The summed E-state index contributed by atoms with van der Waals surface area (Å²) in [5, 5.41) is 10.2. The first-order chi connectivity index (χ1) is 11.5. The van der Waals surface area contributed by atoms with E-state index in [-0.39, 0.29) is 11.8 Å². The van der Waals surface area contributed by atoms with Crippen molar-refractivity contribution in [1.29, 1.82) is 0 Å². The van der Waals surface area contributed by atoms with Crippen molar-refractivity contribution in [2.45, 2.75) is 6.92 Å². The molecule has 3 rings (SSSR count). The predicted octanol–water partition coefficient (Wildman–Crippen LogP) is 4.80. The van der Waals surface area contributed by atoms with Crippen molar-refractivity contribution < 1.29 is 4.79 Å². The Hall–Kier alpha value is -1.31. The summed E-state index contributed by atoms with van der Waals surface area (Å²) in [5.74, 6) is 0.595. The van der Waals surface area contributed by atoms with E-state index in [1.165, 1.54) is 0 Å². The van der Waals surface area contributed by atoms with Gasteiger partial charge in [0.25, 0.3) is 5.91 Å². The molecule has 0 saturated heterocycles. The lowest BCUT2D eigenvalue weighted by Crippen LogP contribution is -2.34. The van der Waals surface area contributed by atoms with E-state index in [9.17, 15) is 4.79 Å². The van der Waals surface area contributed by atoms with Crippen LogP contribution in [-0.2, 0) is 0 Å². The average Bonchev–Trinajstić information content (AvgIpc) is 2.91. The molecule has 124 valence electrons. The lowest BCUT2D eigenvalue weighted by atomic mass is 10.1. The van der Waals surface area contributed by atoms with Gasteiger partial charge in [0.05, 0.1) is 27.8 Å². The quantitative estimate of drug-likeness (QED) is 0.637. The van der Waals surface area contributed by atoms with Gasteiger partial charge in [0, 0.05) is 9.49 Å². The third-order valence-corrected chi connectivity index (χ3v) is 5.38. The van der Waals surface area contributed by atoms with Crippen molar-refractivity contribution in [3.8, 4) is 0 Å². The first-order valence-electron chi connectivity index (χ1n) is 7.32. The van der Waals surface area contributed by atoms with Crippen molar-refractivity contribution >= 4 is 63.2 Å². The van der Waals surface area contributed by atoms with Gasteiger partial charge < -0.3 is 5.32 Å². The molecule has 0 radical (unpaired) electrons. The van der Waals surface area contributed by atoms with Gasteiger partial charge >= 0.3 is 0 Å². The maximum Gasteiger partial charge on any atom is 0.257 e. The van der Waals surface area contributed by atoms with Crippen LogP contribution in [0.15, 0.2) is 47.6 Å². The minimum absolute atomic E-state index is 0.102. The highest BCUT2D eigenvalue weighted by Gasteiger charge is 2.26. The first-order valence-corrected chi connectivity index (χ1v) is 9.16. The monoisotopic (exact) mass is 473 g/mol. The number of nitrogens with one attached hydrogen (secondary N) is 1. The summed E-state index contributed by atoms with van der Waals surface area (Å²) in [7, 11) is 0. The van der Waals surface area contributed by atoms with Crippen molar-refractivity contribution in [2.75, 3.05) is 11.6 Å². The van der Waals surface area contributed by atoms with Gasteiger partial charge in [-0.1, -0.05) is 42.3 Å². The summed E-state index contributed by atoms with van der Waals surface area (Å²) in [6.07, 6.45) is 0. The zero-order chi connectivity index (χ0) is 17.3. The molecule has 2 aromatic rings. The van der Waals surface area contributed by atoms with E-state index in [1.54, 1.807) is 18.2 Å². The van der Waals surface area contributed by atoms with E-state index in [0.717, 1.165) is 9.26 Å². The molecule has 0 saturated carbocycles. The number of amidine groups is 1. The third kappa shape index (κ3) is 3.68. The molecule has 1 N–H and O–H groups in total. The van der Waals surface area contributed by atoms with Gasteiger partial charge in [-0.15, -0.1) is 0 Å². The van der Waals surface area contributed by atoms with E-state index >= 15 is 0 Å². The molecule has 1 aliphatic rings. The molecule has 1 amide bonds. The highest BCUT2D eigenvalue weighted by molar-refractivity contribution is 14.1. The predicted molar refractivity (Wildman–Crippen MR) is 107 cm³/mol. The zero-order valence-corrected chi connectivity index (χ0v) is 16.4. The zero-order valence-electron chi connectivity index (χ0n) is 12.8. The largest absolute Gasteiger partial charge is 0.308 e. The fourth-order valence-corrected chi connectivity index (χ4v) is 3.33. The van der Waals surface area contributed by atoms with Crippen LogP contribution in [-0.4, -0.2) is 18.3 Å². The van der Waals surface area contributed by atoms with E-state index in [4.69, 9.17) is 23.2 Å². The maximum atomic E-state index is 12.5.